The van der Waals surface area contributed by atoms with E-state index in [0.29, 0.717) is 23.2 Å². The van der Waals surface area contributed by atoms with E-state index in [1.807, 2.05) is 0 Å². The number of carbonyl (C=O) groups is 1. The minimum atomic E-state index is -0.0124. The molecule has 3 nitrogen and oxygen atoms in total. The molecular weight excluding hydrogens is 336 g/mol. The molecule has 3 saturated carbocycles. The fourth-order valence-corrected chi connectivity index (χ4v) is 7.55. The fraction of sp³-hybridized carbons (Fsp3) is 0.875. The molecule has 0 bridgehead atoms. The molecule has 4 fully saturated rings. The van der Waals surface area contributed by atoms with Gasteiger partial charge in [-0.05, 0) is 87.4 Å². The average molecular weight is 373 g/mol. The van der Waals surface area contributed by atoms with Gasteiger partial charge in [-0.25, -0.2) is 0 Å². The van der Waals surface area contributed by atoms with Crippen LogP contribution in [0.1, 0.15) is 84.5 Å². The third-order valence-corrected chi connectivity index (χ3v) is 9.25. The van der Waals surface area contributed by atoms with Gasteiger partial charge in [-0.15, -0.1) is 0 Å². The first-order valence-electron chi connectivity index (χ1n) is 11.5. The Morgan fingerprint density at radius 3 is 2.67 bits per heavy atom. The van der Waals surface area contributed by atoms with Crippen LogP contribution in [-0.2, 0) is 14.3 Å². The van der Waals surface area contributed by atoms with E-state index in [4.69, 9.17) is 9.47 Å². The van der Waals surface area contributed by atoms with E-state index in [1.165, 1.54) is 32.1 Å². The standard InChI is InChI=1S/C24H36O3/c1-23-12-10-17(27-22-5-3-4-14-26-22)15-16(23)6-7-18-19-8-9-21(25)24(19,2)13-11-20(18)23/h6,17-20,22H,3-5,7-15H2,1-2H3/t17-,18+,19+,20+,22+,23-,24+/m0/s1. The first-order valence-corrected chi connectivity index (χ1v) is 11.5. The molecule has 7 atom stereocenters. The van der Waals surface area contributed by atoms with Crippen LogP contribution in [0, 0.1) is 28.6 Å². The van der Waals surface area contributed by atoms with E-state index in [9.17, 15) is 4.79 Å². The molecule has 0 amide bonds. The normalized spacial score (nSPS) is 49.8. The van der Waals surface area contributed by atoms with E-state index >= 15 is 0 Å². The lowest BCUT2D eigenvalue weighted by Gasteiger charge is -2.57. The van der Waals surface area contributed by atoms with Crippen molar-refractivity contribution in [3.63, 3.8) is 0 Å². The zero-order valence-corrected chi connectivity index (χ0v) is 17.2. The van der Waals surface area contributed by atoms with Gasteiger partial charge >= 0.3 is 0 Å². The number of ether oxygens (including phenoxy) is 2. The molecule has 0 radical (unpaired) electrons. The summed E-state index contributed by atoms with van der Waals surface area (Å²) in [4.78, 5) is 12.6. The molecule has 1 heterocycles. The molecule has 150 valence electrons. The lowest BCUT2D eigenvalue weighted by atomic mass is 9.48. The molecule has 0 aromatic rings. The first kappa shape index (κ1) is 18.4. The summed E-state index contributed by atoms with van der Waals surface area (Å²) in [6.07, 6.45) is 15.4. The van der Waals surface area contributed by atoms with E-state index in [0.717, 1.165) is 57.0 Å². The molecular formula is C24H36O3. The quantitative estimate of drug-likeness (QED) is 0.606. The fourth-order valence-electron chi connectivity index (χ4n) is 7.55. The van der Waals surface area contributed by atoms with E-state index < -0.39 is 0 Å². The Morgan fingerprint density at radius 1 is 1.04 bits per heavy atom. The predicted octanol–water partition coefficient (Wildman–Crippen LogP) is 5.43. The van der Waals surface area contributed by atoms with Crippen molar-refractivity contribution in [2.75, 3.05) is 6.61 Å². The van der Waals surface area contributed by atoms with Crippen molar-refractivity contribution < 1.29 is 14.3 Å². The molecule has 1 aliphatic heterocycles. The summed E-state index contributed by atoms with van der Waals surface area (Å²) in [6, 6.07) is 0. The largest absolute Gasteiger partial charge is 0.353 e. The highest BCUT2D eigenvalue weighted by atomic mass is 16.7. The summed E-state index contributed by atoms with van der Waals surface area (Å²) in [7, 11) is 0. The van der Waals surface area contributed by atoms with Crippen LogP contribution in [0.25, 0.3) is 0 Å². The van der Waals surface area contributed by atoms with Crippen LogP contribution < -0.4 is 0 Å². The van der Waals surface area contributed by atoms with Gasteiger partial charge in [-0.3, -0.25) is 4.79 Å². The van der Waals surface area contributed by atoms with Crippen LogP contribution in [0.5, 0.6) is 0 Å². The maximum atomic E-state index is 12.6. The second-order valence-corrected chi connectivity index (χ2v) is 10.5. The number of ketones is 1. The van der Waals surface area contributed by atoms with Crippen LogP contribution in [0.2, 0.25) is 0 Å². The highest BCUT2D eigenvalue weighted by molar-refractivity contribution is 5.87. The lowest BCUT2D eigenvalue weighted by molar-refractivity contribution is -0.195. The Labute approximate surface area is 164 Å². The molecule has 0 aromatic heterocycles. The van der Waals surface area contributed by atoms with Gasteiger partial charge in [-0.1, -0.05) is 25.5 Å². The van der Waals surface area contributed by atoms with Crippen LogP contribution in [0.15, 0.2) is 11.6 Å². The molecule has 1 saturated heterocycles. The van der Waals surface area contributed by atoms with E-state index in [1.54, 1.807) is 5.57 Å². The summed E-state index contributed by atoms with van der Waals surface area (Å²) in [5, 5.41) is 0. The van der Waals surface area contributed by atoms with Crippen LogP contribution in [0.4, 0.5) is 0 Å². The van der Waals surface area contributed by atoms with Crippen LogP contribution >= 0.6 is 0 Å². The molecule has 0 aromatic carbocycles. The SMILES string of the molecule is C[C@@]12CC[C@@H]3[C@H](CC=C4C[C@@H](O[C@@H]5CCCCO5)CC[C@@]43C)[C@H]1CCC2=O. The van der Waals surface area contributed by atoms with Crippen LogP contribution in [0.3, 0.4) is 0 Å². The number of carbonyl (C=O) groups excluding carboxylic acids is 1. The summed E-state index contributed by atoms with van der Waals surface area (Å²) in [5.74, 6) is 2.68. The van der Waals surface area contributed by atoms with Crippen molar-refractivity contribution in [1.29, 1.82) is 0 Å². The summed E-state index contributed by atoms with van der Waals surface area (Å²) in [6.45, 7) is 5.67. The average Bonchev–Trinajstić information content (AvgIpc) is 2.98. The molecule has 5 aliphatic rings. The smallest absolute Gasteiger partial charge is 0.157 e. The predicted molar refractivity (Wildman–Crippen MR) is 105 cm³/mol. The Bertz CT molecular complexity index is 634. The Morgan fingerprint density at radius 2 is 1.85 bits per heavy atom. The number of allylic oxidation sites excluding steroid dienone is 1. The Hall–Kier alpha value is -0.670. The lowest BCUT2D eigenvalue weighted by Crippen LogP contribution is -2.50. The molecule has 0 unspecified atom stereocenters. The molecule has 4 aliphatic carbocycles. The van der Waals surface area contributed by atoms with Crippen LogP contribution in [-0.4, -0.2) is 24.8 Å². The van der Waals surface area contributed by atoms with Gasteiger partial charge in [0.2, 0.25) is 0 Å². The minimum absolute atomic E-state index is 0.0124. The summed E-state index contributed by atoms with van der Waals surface area (Å²) >= 11 is 0. The number of Topliss-reactive ketones (excluding diaryl/α,β-unsaturated/α-hetero) is 1. The zero-order valence-electron chi connectivity index (χ0n) is 17.2. The van der Waals surface area contributed by atoms with Crippen molar-refractivity contribution in [3.05, 3.63) is 11.6 Å². The molecule has 3 heteroatoms. The molecule has 0 spiro atoms. The van der Waals surface area contributed by atoms with Crippen molar-refractivity contribution in [2.24, 2.45) is 28.6 Å². The first-order chi connectivity index (χ1) is 13.0. The molecule has 27 heavy (non-hydrogen) atoms. The zero-order chi connectivity index (χ0) is 18.6. The maximum absolute atomic E-state index is 12.6. The van der Waals surface area contributed by atoms with E-state index in [-0.39, 0.29) is 11.7 Å². The highest BCUT2D eigenvalue weighted by Crippen LogP contribution is 2.64. The van der Waals surface area contributed by atoms with Gasteiger partial charge in [0.25, 0.3) is 0 Å². The number of rotatable bonds is 2. The number of fused-ring (bicyclic) bond motifs is 5. The number of hydrogen-bond donors (Lipinski definition) is 0. The Kier molecular flexibility index (Phi) is 4.55. The van der Waals surface area contributed by atoms with Gasteiger partial charge < -0.3 is 9.47 Å². The van der Waals surface area contributed by atoms with Gasteiger partial charge in [0.1, 0.15) is 5.78 Å². The monoisotopic (exact) mass is 372 g/mol. The molecule has 0 N–H and O–H groups in total. The second kappa shape index (κ2) is 6.69. The van der Waals surface area contributed by atoms with Crippen molar-refractivity contribution in [2.45, 2.75) is 96.9 Å². The van der Waals surface area contributed by atoms with Gasteiger partial charge in [0, 0.05) is 18.4 Å². The van der Waals surface area contributed by atoms with Gasteiger partial charge in [0.05, 0.1) is 6.10 Å². The highest BCUT2D eigenvalue weighted by Gasteiger charge is 2.58. The van der Waals surface area contributed by atoms with Gasteiger partial charge in [0.15, 0.2) is 6.29 Å². The molecule has 5 rings (SSSR count). The van der Waals surface area contributed by atoms with Gasteiger partial charge in [-0.2, -0.15) is 0 Å². The summed E-state index contributed by atoms with van der Waals surface area (Å²) < 4.78 is 12.2. The third kappa shape index (κ3) is 2.87. The summed E-state index contributed by atoms with van der Waals surface area (Å²) in [5.41, 5.74) is 1.98. The Balaban J connectivity index is 1.32. The second-order valence-electron chi connectivity index (χ2n) is 10.5. The van der Waals surface area contributed by atoms with Crippen molar-refractivity contribution in [1.82, 2.24) is 0 Å². The van der Waals surface area contributed by atoms with Crippen molar-refractivity contribution in [3.8, 4) is 0 Å². The van der Waals surface area contributed by atoms with Crippen molar-refractivity contribution >= 4 is 5.78 Å². The third-order valence-electron chi connectivity index (χ3n) is 9.25. The minimum Gasteiger partial charge on any atom is -0.353 e. The topological polar surface area (TPSA) is 35.5 Å². The van der Waals surface area contributed by atoms with E-state index in [2.05, 4.69) is 19.9 Å². The number of hydrogen-bond acceptors (Lipinski definition) is 3. The maximum Gasteiger partial charge on any atom is 0.157 e.